The quantitative estimate of drug-likeness (QED) is 0.730. The maximum Gasteiger partial charge on any atom is 0.154 e. The maximum atomic E-state index is 5.76. The smallest absolute Gasteiger partial charge is 0.154 e. The van der Waals surface area contributed by atoms with Gasteiger partial charge in [0.1, 0.15) is 16.8 Å². The Labute approximate surface area is 75.7 Å². The van der Waals surface area contributed by atoms with Crippen molar-refractivity contribution >= 4 is 45.3 Å². The second-order valence-electron chi connectivity index (χ2n) is 1.94. The zero-order chi connectivity index (χ0) is 7.14. The SMILES string of the molecule is Clc1coc2cc(I)[nH]c12. The third-order valence-electron chi connectivity index (χ3n) is 1.28. The Bertz CT molecular complexity index is 365. The number of aromatic nitrogens is 1. The van der Waals surface area contributed by atoms with E-state index in [9.17, 15) is 0 Å². The van der Waals surface area contributed by atoms with Gasteiger partial charge in [-0.05, 0) is 22.6 Å². The van der Waals surface area contributed by atoms with Gasteiger partial charge in [0.15, 0.2) is 5.58 Å². The molecule has 0 unspecified atom stereocenters. The molecule has 2 rings (SSSR count). The van der Waals surface area contributed by atoms with E-state index in [0.29, 0.717) is 5.02 Å². The molecule has 10 heavy (non-hydrogen) atoms. The lowest BCUT2D eigenvalue weighted by atomic mass is 10.5. The second kappa shape index (κ2) is 2.17. The second-order valence-corrected chi connectivity index (χ2v) is 3.51. The molecular formula is C6H3ClINO. The topological polar surface area (TPSA) is 28.9 Å². The first-order valence-corrected chi connectivity index (χ1v) is 4.14. The molecule has 4 heteroatoms. The maximum absolute atomic E-state index is 5.76. The summed E-state index contributed by atoms with van der Waals surface area (Å²) in [7, 11) is 0. The lowest BCUT2D eigenvalue weighted by molar-refractivity contribution is 0.616. The van der Waals surface area contributed by atoms with Crippen LogP contribution in [-0.4, -0.2) is 4.98 Å². The van der Waals surface area contributed by atoms with Crippen molar-refractivity contribution in [1.82, 2.24) is 4.98 Å². The predicted molar refractivity (Wildman–Crippen MR) is 48.3 cm³/mol. The molecule has 0 saturated carbocycles. The van der Waals surface area contributed by atoms with Crippen LogP contribution in [0.5, 0.6) is 0 Å². The summed E-state index contributed by atoms with van der Waals surface area (Å²) in [6.07, 6.45) is 1.53. The number of furan rings is 1. The molecule has 0 amide bonds. The Hall–Kier alpha value is -0.160. The molecule has 0 aromatic carbocycles. The number of hydrogen-bond acceptors (Lipinski definition) is 1. The monoisotopic (exact) mass is 267 g/mol. The van der Waals surface area contributed by atoms with Crippen molar-refractivity contribution in [1.29, 1.82) is 0 Å². The Morgan fingerprint density at radius 1 is 1.60 bits per heavy atom. The predicted octanol–water partition coefficient (Wildman–Crippen LogP) is 3.02. The van der Waals surface area contributed by atoms with Crippen LogP contribution in [0.15, 0.2) is 16.7 Å². The van der Waals surface area contributed by atoms with Crippen LogP contribution in [-0.2, 0) is 0 Å². The average molecular weight is 267 g/mol. The van der Waals surface area contributed by atoms with Crippen LogP contribution in [0.1, 0.15) is 0 Å². The molecule has 0 aliphatic heterocycles. The van der Waals surface area contributed by atoms with Gasteiger partial charge in [0.25, 0.3) is 0 Å². The molecule has 0 radical (unpaired) electrons. The standard InChI is InChI=1S/C6H3ClINO/c7-3-2-10-4-1-5(8)9-6(3)4/h1-2,9H. The van der Waals surface area contributed by atoms with E-state index in [-0.39, 0.29) is 0 Å². The van der Waals surface area contributed by atoms with Gasteiger partial charge in [0, 0.05) is 6.07 Å². The van der Waals surface area contributed by atoms with E-state index in [0.717, 1.165) is 14.8 Å². The molecule has 0 bridgehead atoms. The minimum absolute atomic E-state index is 0.637. The first-order chi connectivity index (χ1) is 4.77. The van der Waals surface area contributed by atoms with Crippen molar-refractivity contribution < 1.29 is 4.42 Å². The summed E-state index contributed by atoms with van der Waals surface area (Å²) >= 11 is 7.93. The van der Waals surface area contributed by atoms with E-state index in [4.69, 9.17) is 16.0 Å². The Balaban J connectivity index is 2.90. The molecule has 0 fully saturated rings. The van der Waals surface area contributed by atoms with Gasteiger partial charge < -0.3 is 9.40 Å². The minimum Gasteiger partial charge on any atom is -0.461 e. The van der Waals surface area contributed by atoms with E-state index in [1.54, 1.807) is 0 Å². The van der Waals surface area contributed by atoms with Crippen molar-refractivity contribution in [3.63, 3.8) is 0 Å². The molecule has 2 aromatic rings. The summed E-state index contributed by atoms with van der Waals surface area (Å²) in [6.45, 7) is 0. The van der Waals surface area contributed by atoms with Gasteiger partial charge in [-0.3, -0.25) is 0 Å². The largest absolute Gasteiger partial charge is 0.461 e. The first kappa shape index (κ1) is 6.54. The number of rotatable bonds is 0. The van der Waals surface area contributed by atoms with Crippen LogP contribution in [0.4, 0.5) is 0 Å². The molecule has 52 valence electrons. The van der Waals surface area contributed by atoms with Crippen LogP contribution in [0.3, 0.4) is 0 Å². The molecule has 1 N–H and O–H groups in total. The fraction of sp³-hybridized carbons (Fsp3) is 0. The highest BCUT2D eigenvalue weighted by atomic mass is 127. The van der Waals surface area contributed by atoms with Crippen LogP contribution in [0, 0.1) is 3.70 Å². The molecule has 2 aromatic heterocycles. The minimum atomic E-state index is 0.637. The van der Waals surface area contributed by atoms with Gasteiger partial charge in [-0.25, -0.2) is 0 Å². The average Bonchev–Trinajstić information content (AvgIpc) is 2.35. The molecule has 0 spiro atoms. The fourth-order valence-electron chi connectivity index (χ4n) is 0.849. The summed E-state index contributed by atoms with van der Waals surface area (Å²) in [6, 6.07) is 1.90. The van der Waals surface area contributed by atoms with Crippen LogP contribution < -0.4 is 0 Å². The summed E-state index contributed by atoms with van der Waals surface area (Å²) in [5.41, 5.74) is 1.69. The molecular weight excluding hydrogens is 264 g/mol. The van der Waals surface area contributed by atoms with Gasteiger partial charge in [0.05, 0.1) is 3.70 Å². The third kappa shape index (κ3) is 0.845. The lowest BCUT2D eigenvalue weighted by Crippen LogP contribution is -1.63. The summed E-state index contributed by atoms with van der Waals surface area (Å²) < 4.78 is 6.14. The number of halogens is 2. The summed E-state index contributed by atoms with van der Waals surface area (Å²) in [5, 5.41) is 0.637. The highest BCUT2D eigenvalue weighted by Crippen LogP contribution is 2.25. The molecule has 2 nitrogen and oxygen atoms in total. The summed E-state index contributed by atoms with van der Waals surface area (Å²) in [5.74, 6) is 0. The fourth-order valence-corrected chi connectivity index (χ4v) is 1.59. The van der Waals surface area contributed by atoms with Crippen LogP contribution in [0.2, 0.25) is 5.02 Å². The van der Waals surface area contributed by atoms with E-state index in [1.165, 1.54) is 6.26 Å². The zero-order valence-corrected chi connectivity index (χ0v) is 7.73. The normalized spacial score (nSPS) is 11.0. The van der Waals surface area contributed by atoms with Crippen molar-refractivity contribution in [3.8, 4) is 0 Å². The van der Waals surface area contributed by atoms with Crippen molar-refractivity contribution in [3.05, 3.63) is 21.1 Å². The number of hydrogen-bond donors (Lipinski definition) is 1. The van der Waals surface area contributed by atoms with E-state index >= 15 is 0 Å². The third-order valence-corrected chi connectivity index (χ3v) is 2.14. The van der Waals surface area contributed by atoms with Crippen molar-refractivity contribution in [2.75, 3.05) is 0 Å². The first-order valence-electron chi connectivity index (χ1n) is 2.68. The van der Waals surface area contributed by atoms with Gasteiger partial charge >= 0.3 is 0 Å². The Morgan fingerprint density at radius 2 is 2.40 bits per heavy atom. The Kier molecular flexibility index (Phi) is 1.42. The molecule has 0 aliphatic rings. The highest BCUT2D eigenvalue weighted by molar-refractivity contribution is 14.1. The van der Waals surface area contributed by atoms with Crippen molar-refractivity contribution in [2.24, 2.45) is 0 Å². The number of H-pyrrole nitrogens is 1. The van der Waals surface area contributed by atoms with Crippen LogP contribution in [0.25, 0.3) is 11.1 Å². The van der Waals surface area contributed by atoms with E-state index < -0.39 is 0 Å². The molecule has 0 atom stereocenters. The van der Waals surface area contributed by atoms with Gasteiger partial charge in [-0.2, -0.15) is 0 Å². The van der Waals surface area contributed by atoms with Gasteiger partial charge in [-0.1, -0.05) is 11.6 Å². The van der Waals surface area contributed by atoms with E-state index in [1.807, 2.05) is 6.07 Å². The van der Waals surface area contributed by atoms with Crippen LogP contribution >= 0.6 is 34.2 Å². The molecule has 0 aliphatic carbocycles. The van der Waals surface area contributed by atoms with E-state index in [2.05, 4.69) is 27.6 Å². The number of fused-ring (bicyclic) bond motifs is 1. The lowest BCUT2D eigenvalue weighted by Gasteiger charge is -1.76. The zero-order valence-electron chi connectivity index (χ0n) is 4.82. The van der Waals surface area contributed by atoms with Crippen molar-refractivity contribution in [2.45, 2.75) is 0 Å². The molecule has 2 heterocycles. The number of aromatic amines is 1. The summed E-state index contributed by atoms with van der Waals surface area (Å²) in [4.78, 5) is 3.07. The highest BCUT2D eigenvalue weighted by Gasteiger charge is 2.05. The number of nitrogens with one attached hydrogen (secondary N) is 1. The van der Waals surface area contributed by atoms with Gasteiger partial charge in [0.2, 0.25) is 0 Å². The Morgan fingerprint density at radius 3 is 3.10 bits per heavy atom. The molecule has 0 saturated heterocycles. The van der Waals surface area contributed by atoms with Gasteiger partial charge in [-0.15, -0.1) is 0 Å².